The van der Waals surface area contributed by atoms with Gasteiger partial charge in [0.2, 0.25) is 0 Å². The quantitative estimate of drug-likeness (QED) is 0.0261. The predicted molar refractivity (Wildman–Crippen MR) is 357 cm³/mol. The average molecular weight is 1140 g/mol. The smallest absolute Gasteiger partial charge is 0.306 e. The molecule has 1 unspecified atom stereocenters. The van der Waals surface area contributed by atoms with E-state index in [-0.39, 0.29) is 31.1 Å². The topological polar surface area (TPSA) is 78.9 Å². The Kier molecular flexibility index (Phi) is 65.8. The lowest BCUT2D eigenvalue weighted by molar-refractivity contribution is -0.167. The van der Waals surface area contributed by atoms with E-state index in [1.807, 2.05) is 0 Å². The molecule has 0 saturated heterocycles. The Labute approximate surface area is 507 Å². The van der Waals surface area contributed by atoms with Crippen LogP contribution in [-0.2, 0) is 28.6 Å². The van der Waals surface area contributed by atoms with Crippen molar-refractivity contribution in [1.82, 2.24) is 0 Å². The molecule has 0 radical (unpaired) electrons. The summed E-state index contributed by atoms with van der Waals surface area (Å²) in [6.45, 7) is 6.51. The van der Waals surface area contributed by atoms with E-state index in [1.54, 1.807) is 0 Å². The largest absolute Gasteiger partial charge is 0.462 e. The molecule has 0 rings (SSSR count). The van der Waals surface area contributed by atoms with Crippen LogP contribution in [0.3, 0.4) is 0 Å². The minimum absolute atomic E-state index is 0.0809. The molecule has 0 aliphatic heterocycles. The Hall–Kier alpha value is -4.19. The van der Waals surface area contributed by atoms with Crippen LogP contribution >= 0.6 is 0 Å². The highest BCUT2D eigenvalue weighted by Crippen LogP contribution is 2.16. The zero-order valence-corrected chi connectivity index (χ0v) is 53.7. The first-order valence-electron chi connectivity index (χ1n) is 34.5. The van der Waals surface area contributed by atoms with Crippen molar-refractivity contribution in [2.24, 2.45) is 0 Å². The van der Waals surface area contributed by atoms with Crippen molar-refractivity contribution in [3.8, 4) is 0 Å². The number of esters is 3. The summed E-state index contributed by atoms with van der Waals surface area (Å²) in [5.74, 6) is -0.891. The lowest BCUT2D eigenvalue weighted by Gasteiger charge is -2.18. The van der Waals surface area contributed by atoms with Crippen LogP contribution in [0.2, 0.25) is 0 Å². The molecule has 6 nitrogen and oxygen atoms in total. The minimum atomic E-state index is -0.784. The molecule has 0 spiro atoms. The molecule has 0 aromatic heterocycles. The monoisotopic (exact) mass is 1140 g/mol. The number of ether oxygens (including phenoxy) is 3. The number of hydrogen-bond acceptors (Lipinski definition) is 6. The van der Waals surface area contributed by atoms with Gasteiger partial charge in [0.1, 0.15) is 13.2 Å². The second kappa shape index (κ2) is 69.3. The predicted octanol–water partition coefficient (Wildman–Crippen LogP) is 23.9. The number of allylic oxidation sites excluding steroid dienone is 20. The number of carbonyl (C=O) groups excluding carboxylic acids is 3. The van der Waals surface area contributed by atoms with Gasteiger partial charge in [-0.15, -0.1) is 0 Å². The van der Waals surface area contributed by atoms with Gasteiger partial charge in [-0.1, -0.05) is 309 Å². The molecule has 0 heterocycles. The van der Waals surface area contributed by atoms with Crippen LogP contribution in [0.25, 0.3) is 0 Å². The normalized spacial score (nSPS) is 12.9. The lowest BCUT2D eigenvalue weighted by Crippen LogP contribution is -2.30. The summed E-state index contributed by atoms with van der Waals surface area (Å²) in [7, 11) is 0. The van der Waals surface area contributed by atoms with Gasteiger partial charge < -0.3 is 14.2 Å². The van der Waals surface area contributed by atoms with E-state index in [4.69, 9.17) is 14.2 Å². The Morgan fingerprint density at radius 3 is 0.756 bits per heavy atom. The number of hydrogen-bond donors (Lipinski definition) is 0. The highest BCUT2D eigenvalue weighted by atomic mass is 16.6. The molecule has 468 valence electrons. The van der Waals surface area contributed by atoms with Crippen LogP contribution in [0, 0.1) is 0 Å². The van der Waals surface area contributed by atoms with E-state index in [0.29, 0.717) is 19.3 Å². The van der Waals surface area contributed by atoms with E-state index in [2.05, 4.69) is 142 Å². The molecule has 0 aliphatic carbocycles. The maximum absolute atomic E-state index is 12.9. The fraction of sp³-hybridized carbons (Fsp3) is 0.697. The van der Waals surface area contributed by atoms with Crippen molar-refractivity contribution in [1.29, 1.82) is 0 Å². The van der Waals surface area contributed by atoms with Gasteiger partial charge in [-0.25, -0.2) is 0 Å². The second-order valence-electron chi connectivity index (χ2n) is 22.7. The molecule has 82 heavy (non-hydrogen) atoms. The van der Waals surface area contributed by atoms with E-state index in [1.165, 1.54) is 161 Å². The summed E-state index contributed by atoms with van der Waals surface area (Å²) in [6, 6.07) is 0. The van der Waals surface area contributed by atoms with Gasteiger partial charge in [-0.05, 0) is 116 Å². The summed E-state index contributed by atoms with van der Waals surface area (Å²) in [4.78, 5) is 38.2. The zero-order chi connectivity index (χ0) is 59.2. The van der Waals surface area contributed by atoms with Crippen molar-refractivity contribution in [2.45, 2.75) is 329 Å². The molecule has 0 aromatic carbocycles. The van der Waals surface area contributed by atoms with E-state index < -0.39 is 6.10 Å². The van der Waals surface area contributed by atoms with Gasteiger partial charge in [0.25, 0.3) is 0 Å². The maximum atomic E-state index is 12.9. The molecule has 0 aliphatic rings. The molecule has 0 aromatic rings. The minimum Gasteiger partial charge on any atom is -0.462 e. The highest BCUT2D eigenvalue weighted by molar-refractivity contribution is 5.71. The molecule has 0 N–H and O–H groups in total. The number of unbranched alkanes of at least 4 members (excludes halogenated alkanes) is 31. The van der Waals surface area contributed by atoms with Crippen molar-refractivity contribution in [2.75, 3.05) is 13.2 Å². The summed E-state index contributed by atoms with van der Waals surface area (Å²) in [5, 5.41) is 0. The second-order valence-corrected chi connectivity index (χ2v) is 22.7. The summed E-state index contributed by atoms with van der Waals surface area (Å²) in [6.07, 6.45) is 96.6. The fourth-order valence-corrected chi connectivity index (χ4v) is 9.55. The first-order valence-corrected chi connectivity index (χ1v) is 34.5. The summed E-state index contributed by atoms with van der Waals surface area (Å²) < 4.78 is 16.9. The number of carbonyl (C=O) groups is 3. The van der Waals surface area contributed by atoms with Gasteiger partial charge in [0, 0.05) is 19.3 Å². The van der Waals surface area contributed by atoms with Crippen LogP contribution in [-0.4, -0.2) is 37.2 Å². The molecule has 1 atom stereocenters. The SMILES string of the molecule is CC/C=C\C/C=C\C/C=C\C/C=C\C/C=C\C/C=C\C/C=C\C/C=C\C/C=C\CCCCCCCCCC(=O)OCC(COC(=O)CCCCCCCCCC)OC(=O)CCCCCCCCCCC/C=C\CCCCCCCCCC. The zero-order valence-electron chi connectivity index (χ0n) is 53.7. The molecular formula is C76H128O6. The van der Waals surface area contributed by atoms with Crippen LogP contribution < -0.4 is 0 Å². The molecule has 0 saturated carbocycles. The van der Waals surface area contributed by atoms with Crippen LogP contribution in [0.5, 0.6) is 0 Å². The van der Waals surface area contributed by atoms with Crippen molar-refractivity contribution >= 4 is 17.9 Å². The Morgan fingerprint density at radius 1 is 0.256 bits per heavy atom. The van der Waals surface area contributed by atoms with Gasteiger partial charge in [0.15, 0.2) is 6.10 Å². The van der Waals surface area contributed by atoms with Crippen LogP contribution in [0.15, 0.2) is 122 Å². The van der Waals surface area contributed by atoms with Gasteiger partial charge in [0.05, 0.1) is 0 Å². The third-order valence-electron chi connectivity index (χ3n) is 14.7. The fourth-order valence-electron chi connectivity index (χ4n) is 9.55. The Balaban J connectivity index is 4.17. The van der Waals surface area contributed by atoms with Gasteiger partial charge in [-0.2, -0.15) is 0 Å². The van der Waals surface area contributed by atoms with Crippen molar-refractivity contribution in [3.05, 3.63) is 122 Å². The Bertz CT molecular complexity index is 1690. The van der Waals surface area contributed by atoms with Crippen LogP contribution in [0.1, 0.15) is 323 Å². The molecular weight excluding hydrogens is 1010 g/mol. The first-order chi connectivity index (χ1) is 40.5. The highest BCUT2D eigenvalue weighted by Gasteiger charge is 2.19. The molecule has 0 amide bonds. The number of rotatable bonds is 62. The lowest BCUT2D eigenvalue weighted by atomic mass is 10.1. The van der Waals surface area contributed by atoms with Gasteiger partial charge >= 0.3 is 17.9 Å². The molecule has 0 fully saturated rings. The third kappa shape index (κ3) is 66.6. The molecule has 6 heteroatoms. The van der Waals surface area contributed by atoms with E-state index >= 15 is 0 Å². The van der Waals surface area contributed by atoms with E-state index in [0.717, 1.165) is 122 Å². The third-order valence-corrected chi connectivity index (χ3v) is 14.7. The van der Waals surface area contributed by atoms with Crippen LogP contribution in [0.4, 0.5) is 0 Å². The summed E-state index contributed by atoms with van der Waals surface area (Å²) >= 11 is 0. The van der Waals surface area contributed by atoms with E-state index in [9.17, 15) is 14.4 Å². The van der Waals surface area contributed by atoms with Crippen molar-refractivity contribution in [3.63, 3.8) is 0 Å². The maximum Gasteiger partial charge on any atom is 0.306 e. The van der Waals surface area contributed by atoms with Crippen molar-refractivity contribution < 1.29 is 28.6 Å². The Morgan fingerprint density at radius 2 is 0.476 bits per heavy atom. The first kappa shape index (κ1) is 77.8. The van der Waals surface area contributed by atoms with Gasteiger partial charge in [-0.3, -0.25) is 14.4 Å². The molecule has 0 bridgehead atoms. The average Bonchev–Trinajstić information content (AvgIpc) is 3.47. The standard InChI is InChI=1S/C76H128O6/c1-4-7-10-13-16-19-21-23-25-27-29-31-32-33-34-35-36-37-38-39-40-41-42-43-44-46-47-49-51-53-55-57-60-63-66-69-75(78)81-72-73(71-80-74(77)68-65-62-59-18-15-12-9-6-3)82-76(79)70-67-64-61-58-56-54-52-50-48-45-30-28-26-24-22-20-17-14-11-8-5-2/h7,10,16,19,23,25,28-31,33-34,36-37,39-40,42-43,46-47,73H,4-6,8-9,11-15,17-18,20-22,24,26-27,32,35,38,41,44-45,48-72H2,1-3H3/b10-7-,19-16-,25-23-,30-28-,31-29-,34-33-,37-36-,40-39-,43-42-,47-46-. The summed E-state index contributed by atoms with van der Waals surface area (Å²) in [5.41, 5.74) is 0.